The topological polar surface area (TPSA) is 79.0 Å². The number of hydrogen-bond donors (Lipinski definition) is 2. The summed E-state index contributed by atoms with van der Waals surface area (Å²) in [5, 5.41) is 15.9. The molecule has 1 heterocycles. The molecule has 0 amide bonds. The van der Waals surface area contributed by atoms with Gasteiger partial charge in [0, 0.05) is 6.54 Å². The molecule has 2 N–H and O–H groups in total. The predicted molar refractivity (Wildman–Crippen MR) is 124 cm³/mol. The maximum absolute atomic E-state index is 7.47. The number of benzene rings is 2. The van der Waals surface area contributed by atoms with Gasteiger partial charge in [0.25, 0.3) is 0 Å². The van der Waals surface area contributed by atoms with Gasteiger partial charge in [0.2, 0.25) is 0 Å². The minimum atomic E-state index is 0.294. The molecule has 3 rings (SSSR count). The first-order chi connectivity index (χ1) is 14.4. The number of fused-ring (bicyclic) bond motifs is 1. The van der Waals surface area contributed by atoms with Crippen LogP contribution in [0.2, 0.25) is 0 Å². The number of nitrogens with one attached hydrogen (secondary N) is 2. The minimum absolute atomic E-state index is 0.294. The Kier molecular flexibility index (Phi) is 7.19. The number of nitrogens with zero attached hydrogens (tertiary/aromatic N) is 4. The minimum Gasteiger partial charge on any atom is -0.383 e. The largest absolute Gasteiger partial charge is 0.383 e. The zero-order valence-electron chi connectivity index (χ0n) is 18.9. The summed E-state index contributed by atoms with van der Waals surface area (Å²) >= 11 is 0. The highest BCUT2D eigenvalue weighted by Crippen LogP contribution is 2.30. The van der Waals surface area contributed by atoms with Crippen LogP contribution in [0.1, 0.15) is 67.8 Å². The third-order valence-electron chi connectivity index (χ3n) is 5.99. The van der Waals surface area contributed by atoms with Crippen LogP contribution in [0.4, 0.5) is 11.4 Å². The molecule has 0 aliphatic heterocycles. The lowest BCUT2D eigenvalue weighted by molar-refractivity contribution is 0.447. The molecule has 0 bridgehead atoms. The summed E-state index contributed by atoms with van der Waals surface area (Å²) in [6.45, 7) is 11.7. The maximum atomic E-state index is 7.47. The van der Waals surface area contributed by atoms with Gasteiger partial charge in [-0.15, -0.1) is 5.10 Å². The van der Waals surface area contributed by atoms with Crippen LogP contribution in [-0.2, 0) is 6.42 Å². The summed E-state index contributed by atoms with van der Waals surface area (Å²) in [4.78, 5) is 0. The van der Waals surface area contributed by atoms with Crippen molar-refractivity contribution < 1.29 is 0 Å². The number of hydrogen-bond acceptors (Lipinski definition) is 5. The number of unbranched alkanes of at least 4 members (excludes halogenated alkanes) is 1. The SMILES string of the molecule is CCCCNc1cc(CCCC(C)n2nnc3cc(C)c(C)cc32)c(C)cc1N=N. The molecular formula is C24H34N6. The van der Waals surface area contributed by atoms with Crippen molar-refractivity contribution >= 4 is 22.4 Å². The van der Waals surface area contributed by atoms with Crippen molar-refractivity contribution in [2.75, 3.05) is 11.9 Å². The predicted octanol–water partition coefficient (Wildman–Crippen LogP) is 6.81. The lowest BCUT2D eigenvalue weighted by Gasteiger charge is -2.15. The highest BCUT2D eigenvalue weighted by atomic mass is 15.4. The van der Waals surface area contributed by atoms with E-state index in [2.05, 4.69) is 78.2 Å². The molecular weight excluding hydrogens is 372 g/mol. The molecule has 6 nitrogen and oxygen atoms in total. The Morgan fingerprint density at radius 2 is 1.83 bits per heavy atom. The first-order valence-electron chi connectivity index (χ1n) is 11.0. The first-order valence-corrected chi connectivity index (χ1v) is 11.0. The second-order valence-electron chi connectivity index (χ2n) is 8.39. The summed E-state index contributed by atoms with van der Waals surface area (Å²) < 4.78 is 2.06. The lowest BCUT2D eigenvalue weighted by Crippen LogP contribution is -2.08. The Hall–Kier alpha value is -2.76. The summed E-state index contributed by atoms with van der Waals surface area (Å²) in [6.07, 6.45) is 5.37. The zero-order chi connectivity index (χ0) is 21.7. The summed E-state index contributed by atoms with van der Waals surface area (Å²) in [5.41, 5.74) is 16.3. The number of anilines is 1. The monoisotopic (exact) mass is 406 g/mol. The summed E-state index contributed by atoms with van der Waals surface area (Å²) in [6, 6.07) is 8.82. The van der Waals surface area contributed by atoms with E-state index in [4.69, 9.17) is 5.53 Å². The van der Waals surface area contributed by atoms with E-state index in [0.29, 0.717) is 6.04 Å². The zero-order valence-corrected chi connectivity index (χ0v) is 18.9. The molecule has 30 heavy (non-hydrogen) atoms. The van der Waals surface area contributed by atoms with Gasteiger partial charge in [-0.25, -0.2) is 10.2 Å². The molecule has 1 unspecified atom stereocenters. The maximum Gasteiger partial charge on any atom is 0.113 e. The quantitative estimate of drug-likeness (QED) is 0.286. The van der Waals surface area contributed by atoms with E-state index >= 15 is 0 Å². The van der Waals surface area contributed by atoms with Gasteiger partial charge in [0.15, 0.2) is 0 Å². The van der Waals surface area contributed by atoms with Gasteiger partial charge in [-0.2, -0.15) is 5.11 Å². The van der Waals surface area contributed by atoms with Gasteiger partial charge in [-0.05, 0) is 99.9 Å². The number of rotatable bonds is 10. The smallest absolute Gasteiger partial charge is 0.113 e. The number of aromatic nitrogens is 3. The molecule has 0 fully saturated rings. The van der Waals surface area contributed by atoms with E-state index in [1.54, 1.807) is 0 Å². The van der Waals surface area contributed by atoms with Crippen LogP contribution >= 0.6 is 0 Å². The van der Waals surface area contributed by atoms with Crippen LogP contribution < -0.4 is 5.32 Å². The molecule has 1 atom stereocenters. The van der Waals surface area contributed by atoms with Crippen molar-refractivity contribution in [3.05, 3.63) is 46.5 Å². The summed E-state index contributed by atoms with van der Waals surface area (Å²) in [7, 11) is 0. The van der Waals surface area contributed by atoms with Crippen LogP contribution in [-0.4, -0.2) is 21.5 Å². The van der Waals surface area contributed by atoms with E-state index < -0.39 is 0 Å². The highest BCUT2D eigenvalue weighted by molar-refractivity contribution is 5.76. The molecule has 160 valence electrons. The fourth-order valence-corrected chi connectivity index (χ4v) is 3.87. The van der Waals surface area contributed by atoms with Crippen molar-refractivity contribution in [3.63, 3.8) is 0 Å². The standard InChI is InChI=1S/C24H34N6/c1-6-7-11-26-21-15-20(18(4)13-22(21)27-25)10-8-9-19(5)30-24-14-17(3)16(2)12-23(24)28-29-30/h12-15,19,25-26H,6-11H2,1-5H3. The molecule has 1 aromatic heterocycles. The van der Waals surface area contributed by atoms with Crippen LogP contribution in [0.5, 0.6) is 0 Å². The van der Waals surface area contributed by atoms with Crippen molar-refractivity contribution in [2.45, 2.75) is 72.8 Å². The Balaban J connectivity index is 1.68. The first kappa shape index (κ1) is 21.9. The van der Waals surface area contributed by atoms with Gasteiger partial charge >= 0.3 is 0 Å². The van der Waals surface area contributed by atoms with Crippen LogP contribution in [0, 0.1) is 26.3 Å². The molecule has 0 saturated heterocycles. The van der Waals surface area contributed by atoms with Gasteiger partial charge in [0.05, 0.1) is 17.2 Å². The second kappa shape index (κ2) is 9.83. The normalized spacial score (nSPS) is 12.3. The average Bonchev–Trinajstić information content (AvgIpc) is 3.12. The molecule has 0 radical (unpaired) electrons. The van der Waals surface area contributed by atoms with Gasteiger partial charge in [-0.1, -0.05) is 18.6 Å². The third-order valence-corrected chi connectivity index (χ3v) is 5.99. The number of aryl methyl sites for hydroxylation is 4. The van der Waals surface area contributed by atoms with E-state index in [0.717, 1.165) is 61.1 Å². The van der Waals surface area contributed by atoms with Gasteiger partial charge < -0.3 is 5.32 Å². The Labute approximate surface area is 179 Å². The van der Waals surface area contributed by atoms with E-state index in [1.807, 2.05) is 6.07 Å². The van der Waals surface area contributed by atoms with Crippen molar-refractivity contribution in [1.29, 1.82) is 5.53 Å². The Bertz CT molecular complexity index is 1020. The van der Waals surface area contributed by atoms with Crippen LogP contribution in [0.3, 0.4) is 0 Å². The van der Waals surface area contributed by atoms with Gasteiger partial charge in [0.1, 0.15) is 11.2 Å². The van der Waals surface area contributed by atoms with Crippen LogP contribution in [0.25, 0.3) is 11.0 Å². The molecule has 2 aromatic carbocycles. The molecule has 6 heteroatoms. The highest BCUT2D eigenvalue weighted by Gasteiger charge is 2.13. The molecule has 0 saturated carbocycles. The second-order valence-corrected chi connectivity index (χ2v) is 8.39. The third kappa shape index (κ3) is 4.86. The van der Waals surface area contributed by atoms with Crippen LogP contribution in [0.15, 0.2) is 29.4 Å². The van der Waals surface area contributed by atoms with Crippen molar-refractivity contribution in [2.24, 2.45) is 5.11 Å². The van der Waals surface area contributed by atoms with E-state index in [-0.39, 0.29) is 0 Å². The van der Waals surface area contributed by atoms with Crippen molar-refractivity contribution in [3.8, 4) is 0 Å². The lowest BCUT2D eigenvalue weighted by atomic mass is 9.99. The Morgan fingerprint density at radius 3 is 2.57 bits per heavy atom. The molecule has 0 aliphatic carbocycles. The van der Waals surface area contributed by atoms with E-state index in [1.165, 1.54) is 22.3 Å². The van der Waals surface area contributed by atoms with Gasteiger partial charge in [-0.3, -0.25) is 0 Å². The molecule has 0 aliphatic rings. The Morgan fingerprint density at radius 1 is 1.07 bits per heavy atom. The fourth-order valence-electron chi connectivity index (χ4n) is 3.87. The molecule has 0 spiro atoms. The van der Waals surface area contributed by atoms with E-state index in [9.17, 15) is 0 Å². The fraction of sp³-hybridized carbons (Fsp3) is 0.500. The molecule has 3 aromatic rings. The van der Waals surface area contributed by atoms with Crippen molar-refractivity contribution in [1.82, 2.24) is 15.0 Å². The average molecular weight is 407 g/mol. The summed E-state index contributed by atoms with van der Waals surface area (Å²) in [5.74, 6) is 0.